The first kappa shape index (κ1) is 40.3. The second kappa shape index (κ2) is 15.3. The number of furan rings is 1. The zero-order valence-corrected chi connectivity index (χ0v) is 39.7. The minimum atomic E-state index is -0.502. The Bertz CT molecular complexity index is 4540. The van der Waals surface area contributed by atoms with Crippen molar-refractivity contribution in [1.82, 2.24) is 0 Å². The van der Waals surface area contributed by atoms with Gasteiger partial charge in [0.1, 0.15) is 5.58 Å². The van der Waals surface area contributed by atoms with Crippen LogP contribution in [-0.2, 0) is 5.41 Å². The number of hydrogen-bond donors (Lipinski definition) is 0. The van der Waals surface area contributed by atoms with Crippen molar-refractivity contribution in [2.24, 2.45) is 0 Å². The van der Waals surface area contributed by atoms with E-state index in [4.69, 9.17) is 4.42 Å². The topological polar surface area (TPSA) is 16.4 Å². The van der Waals surface area contributed by atoms with Crippen molar-refractivity contribution in [2.45, 2.75) is 5.41 Å². The lowest BCUT2D eigenvalue weighted by molar-refractivity contribution is 0.670. The summed E-state index contributed by atoms with van der Waals surface area (Å²) in [5, 5.41) is 12.0. The SMILES string of the molecule is c1ccc(-c2ccccc2N(c2ccc3c(c2)C2(c4ccccc4-c4ccccc42)c2ccccc2-3)c2cccc3c2oc2c(-c4ccc5c6ccccc6c6ccccc6c5c4)c4ccccc4cc23)cc1. The second-order valence-corrected chi connectivity index (χ2v) is 19.8. The van der Waals surface area contributed by atoms with E-state index in [1.807, 2.05) is 0 Å². The summed E-state index contributed by atoms with van der Waals surface area (Å²) in [6, 6.07) is 96.5. The first-order chi connectivity index (χ1) is 36.2. The summed E-state index contributed by atoms with van der Waals surface area (Å²) in [6.07, 6.45) is 0. The standard InChI is InChI=1S/C71H43NO/c1-2-19-44(20-3-1)48-22-13-17-35-66(48)72(47-38-40-58-57-30-12-16-34-64(57)71(65(58)43-47)62-32-14-10-28-55(62)56-29-11-15-33-63(56)71)67-36-18-31-59-61-41-45-21-4-5-23-49(45)68(70(61)73-69(59)67)46-37-39-54-52-26-7-6-24-50(52)51-25-8-9-27-53(51)60(54)42-46/h1-43H. The molecule has 73 heavy (non-hydrogen) atoms. The van der Waals surface area contributed by atoms with Crippen molar-refractivity contribution in [2.75, 3.05) is 4.90 Å². The van der Waals surface area contributed by atoms with E-state index < -0.39 is 5.41 Å². The number of para-hydroxylation sites is 2. The van der Waals surface area contributed by atoms with E-state index in [2.05, 4.69) is 266 Å². The Hall–Kier alpha value is -9.50. The van der Waals surface area contributed by atoms with E-state index in [1.165, 1.54) is 82.2 Å². The quantitative estimate of drug-likeness (QED) is 0.160. The largest absolute Gasteiger partial charge is 0.453 e. The van der Waals surface area contributed by atoms with Gasteiger partial charge in [-0.1, -0.05) is 224 Å². The third kappa shape index (κ3) is 5.52. The van der Waals surface area contributed by atoms with Gasteiger partial charge in [0, 0.05) is 27.6 Å². The van der Waals surface area contributed by atoms with Gasteiger partial charge in [0.15, 0.2) is 5.58 Å². The molecule has 1 spiro atoms. The number of benzene rings is 13. The van der Waals surface area contributed by atoms with Crippen LogP contribution in [0.2, 0.25) is 0 Å². The maximum Gasteiger partial charge on any atom is 0.159 e. The van der Waals surface area contributed by atoms with Crippen molar-refractivity contribution in [3.8, 4) is 44.5 Å². The maximum absolute atomic E-state index is 7.60. The summed E-state index contributed by atoms with van der Waals surface area (Å²) in [4.78, 5) is 2.46. The van der Waals surface area contributed by atoms with Crippen LogP contribution in [0.3, 0.4) is 0 Å². The monoisotopic (exact) mass is 925 g/mol. The fraction of sp³-hybridized carbons (Fsp3) is 0.0141. The van der Waals surface area contributed by atoms with Crippen molar-refractivity contribution < 1.29 is 4.42 Å². The van der Waals surface area contributed by atoms with Crippen LogP contribution in [0.4, 0.5) is 17.1 Å². The van der Waals surface area contributed by atoms with Gasteiger partial charge in [0.25, 0.3) is 0 Å². The highest BCUT2D eigenvalue weighted by Crippen LogP contribution is 2.63. The van der Waals surface area contributed by atoms with Crippen molar-refractivity contribution in [3.63, 3.8) is 0 Å². The molecule has 13 aromatic carbocycles. The Morgan fingerprint density at radius 3 is 1.45 bits per heavy atom. The van der Waals surface area contributed by atoms with Gasteiger partial charge >= 0.3 is 0 Å². The molecule has 0 fully saturated rings. The lowest BCUT2D eigenvalue weighted by atomic mass is 9.70. The number of hydrogen-bond acceptors (Lipinski definition) is 2. The molecule has 0 aliphatic heterocycles. The van der Waals surface area contributed by atoms with Gasteiger partial charge in [-0.3, -0.25) is 0 Å². The molecule has 0 unspecified atom stereocenters. The fourth-order valence-corrected chi connectivity index (χ4v) is 13.3. The molecular formula is C71H43NO. The molecule has 0 N–H and O–H groups in total. The van der Waals surface area contributed by atoms with Crippen LogP contribution in [0.1, 0.15) is 22.3 Å². The van der Waals surface area contributed by atoms with E-state index in [1.54, 1.807) is 0 Å². The Labute approximate surface area is 422 Å². The molecule has 1 heterocycles. The molecule has 0 atom stereocenters. The molecule has 2 heteroatoms. The van der Waals surface area contributed by atoms with Crippen LogP contribution < -0.4 is 4.90 Å². The third-order valence-electron chi connectivity index (χ3n) is 16.2. The smallest absolute Gasteiger partial charge is 0.159 e. The van der Waals surface area contributed by atoms with Gasteiger partial charge in [-0.05, 0) is 135 Å². The van der Waals surface area contributed by atoms with E-state index in [-0.39, 0.29) is 0 Å². The van der Waals surface area contributed by atoms with Gasteiger partial charge in [-0.2, -0.15) is 0 Å². The molecule has 0 bridgehead atoms. The molecule has 16 rings (SSSR count). The lowest BCUT2D eigenvalue weighted by Crippen LogP contribution is -2.26. The molecular weight excluding hydrogens is 883 g/mol. The lowest BCUT2D eigenvalue weighted by Gasteiger charge is -2.32. The van der Waals surface area contributed by atoms with E-state index in [0.29, 0.717) is 0 Å². The van der Waals surface area contributed by atoms with Crippen molar-refractivity contribution in [3.05, 3.63) is 283 Å². The molecule has 338 valence electrons. The predicted octanol–water partition coefficient (Wildman–Crippen LogP) is 19.3. The number of anilines is 3. The molecule has 0 saturated carbocycles. The predicted molar refractivity (Wildman–Crippen MR) is 306 cm³/mol. The Balaban J connectivity index is 0.983. The summed E-state index contributed by atoms with van der Waals surface area (Å²) in [6.45, 7) is 0. The van der Waals surface area contributed by atoms with E-state index >= 15 is 0 Å². The third-order valence-corrected chi connectivity index (χ3v) is 16.2. The zero-order valence-electron chi connectivity index (χ0n) is 39.7. The maximum atomic E-state index is 7.60. The Morgan fingerprint density at radius 2 is 0.781 bits per heavy atom. The highest BCUT2D eigenvalue weighted by atomic mass is 16.3. The van der Waals surface area contributed by atoms with Crippen molar-refractivity contribution in [1.29, 1.82) is 0 Å². The summed E-state index contributed by atoms with van der Waals surface area (Å²) < 4.78 is 7.60. The second-order valence-electron chi connectivity index (χ2n) is 19.8. The van der Waals surface area contributed by atoms with Gasteiger partial charge in [0.05, 0.1) is 16.8 Å². The molecule has 14 aromatic rings. The zero-order chi connectivity index (χ0) is 47.8. The van der Waals surface area contributed by atoms with Crippen LogP contribution >= 0.6 is 0 Å². The molecule has 0 radical (unpaired) electrons. The number of rotatable bonds is 5. The van der Waals surface area contributed by atoms with E-state index in [9.17, 15) is 0 Å². The molecule has 2 aliphatic rings. The highest BCUT2D eigenvalue weighted by molar-refractivity contribution is 6.27. The van der Waals surface area contributed by atoms with Crippen LogP contribution in [0.5, 0.6) is 0 Å². The van der Waals surface area contributed by atoms with Crippen LogP contribution in [0.15, 0.2) is 265 Å². The van der Waals surface area contributed by atoms with Gasteiger partial charge < -0.3 is 9.32 Å². The minimum Gasteiger partial charge on any atom is -0.453 e. The van der Waals surface area contributed by atoms with Gasteiger partial charge in [0.2, 0.25) is 0 Å². The average molecular weight is 926 g/mol. The fourth-order valence-electron chi connectivity index (χ4n) is 13.3. The molecule has 2 aliphatic carbocycles. The number of fused-ring (bicyclic) bond motifs is 20. The first-order valence-corrected chi connectivity index (χ1v) is 25.3. The van der Waals surface area contributed by atoms with Gasteiger partial charge in [-0.15, -0.1) is 0 Å². The van der Waals surface area contributed by atoms with Gasteiger partial charge in [-0.25, -0.2) is 0 Å². The van der Waals surface area contributed by atoms with Crippen molar-refractivity contribution >= 4 is 82.1 Å². The Morgan fingerprint density at radius 1 is 0.274 bits per heavy atom. The minimum absolute atomic E-state index is 0.502. The van der Waals surface area contributed by atoms with E-state index in [0.717, 1.165) is 66.6 Å². The normalized spacial score (nSPS) is 13.0. The van der Waals surface area contributed by atoms with Crippen LogP contribution in [-0.4, -0.2) is 0 Å². The molecule has 0 saturated heterocycles. The highest BCUT2D eigenvalue weighted by Gasteiger charge is 2.51. The summed E-state index contributed by atoms with van der Waals surface area (Å²) in [5.74, 6) is 0. The van der Waals surface area contributed by atoms with Crippen LogP contribution in [0, 0.1) is 0 Å². The summed E-state index contributed by atoms with van der Waals surface area (Å²) >= 11 is 0. The molecule has 0 amide bonds. The molecule has 1 aromatic heterocycles. The first-order valence-electron chi connectivity index (χ1n) is 25.3. The summed E-state index contributed by atoms with van der Waals surface area (Å²) in [7, 11) is 0. The Kier molecular flexibility index (Phi) is 8.41. The molecule has 2 nitrogen and oxygen atoms in total. The average Bonchev–Trinajstić information content (AvgIpc) is 4.10. The number of nitrogens with zero attached hydrogens (tertiary/aromatic N) is 1. The van der Waals surface area contributed by atoms with Crippen LogP contribution in [0.25, 0.3) is 110 Å². The summed E-state index contributed by atoms with van der Waals surface area (Å²) in [5.41, 5.74) is 19.2.